The minimum Gasteiger partial charge on any atom is -0.351 e. The predicted molar refractivity (Wildman–Crippen MR) is 95.9 cm³/mol. The second-order valence-electron chi connectivity index (χ2n) is 5.83. The highest BCUT2D eigenvalue weighted by Crippen LogP contribution is 2.31. The maximum absolute atomic E-state index is 12.6. The molecule has 1 aromatic rings. The SMILES string of the molecule is Cl.O=C(NC1CCCNC1)C1CCN(c2ccccc2Br)C1=O. The molecular weight excluding hydrogens is 382 g/mol. The molecule has 2 amide bonds. The van der Waals surface area contributed by atoms with Crippen molar-refractivity contribution in [2.24, 2.45) is 5.92 Å². The van der Waals surface area contributed by atoms with Crippen LogP contribution in [0.15, 0.2) is 28.7 Å². The van der Waals surface area contributed by atoms with Crippen LogP contribution in [0.4, 0.5) is 5.69 Å². The van der Waals surface area contributed by atoms with Crippen LogP contribution < -0.4 is 15.5 Å². The Morgan fingerprint density at radius 3 is 2.78 bits per heavy atom. The first-order chi connectivity index (χ1) is 10.7. The molecule has 7 heteroatoms. The van der Waals surface area contributed by atoms with Gasteiger partial charge in [-0.3, -0.25) is 9.59 Å². The Bertz CT molecular complexity index is 578. The number of nitrogens with zero attached hydrogens (tertiary/aromatic N) is 1. The van der Waals surface area contributed by atoms with E-state index in [4.69, 9.17) is 0 Å². The molecule has 23 heavy (non-hydrogen) atoms. The zero-order valence-electron chi connectivity index (χ0n) is 12.8. The Kier molecular flexibility index (Phi) is 6.44. The lowest BCUT2D eigenvalue weighted by Crippen LogP contribution is -2.48. The van der Waals surface area contributed by atoms with E-state index in [0.29, 0.717) is 13.0 Å². The van der Waals surface area contributed by atoms with Gasteiger partial charge in [-0.1, -0.05) is 12.1 Å². The quantitative estimate of drug-likeness (QED) is 0.761. The van der Waals surface area contributed by atoms with Crippen molar-refractivity contribution in [2.75, 3.05) is 24.5 Å². The van der Waals surface area contributed by atoms with Gasteiger partial charge in [0.25, 0.3) is 0 Å². The molecule has 2 N–H and O–H groups in total. The Hall–Kier alpha value is -1.11. The summed E-state index contributed by atoms with van der Waals surface area (Å²) in [7, 11) is 0. The first-order valence-corrected chi connectivity index (χ1v) is 8.53. The van der Waals surface area contributed by atoms with Gasteiger partial charge in [0.05, 0.1) is 5.69 Å². The Morgan fingerprint density at radius 1 is 1.30 bits per heavy atom. The molecule has 2 heterocycles. The van der Waals surface area contributed by atoms with Crippen LogP contribution in [0.1, 0.15) is 19.3 Å². The number of hydrogen-bond acceptors (Lipinski definition) is 3. The van der Waals surface area contributed by atoms with E-state index in [-0.39, 0.29) is 30.3 Å². The van der Waals surface area contributed by atoms with E-state index in [1.54, 1.807) is 4.90 Å². The van der Waals surface area contributed by atoms with E-state index in [2.05, 4.69) is 26.6 Å². The second kappa shape index (κ2) is 8.13. The molecule has 0 saturated carbocycles. The number of nitrogens with one attached hydrogen (secondary N) is 2. The number of para-hydroxylation sites is 1. The van der Waals surface area contributed by atoms with Gasteiger partial charge in [-0.05, 0) is 53.9 Å². The summed E-state index contributed by atoms with van der Waals surface area (Å²) in [4.78, 5) is 26.7. The zero-order chi connectivity index (χ0) is 15.5. The van der Waals surface area contributed by atoms with Crippen molar-refractivity contribution in [3.63, 3.8) is 0 Å². The van der Waals surface area contributed by atoms with E-state index in [1.165, 1.54) is 0 Å². The number of rotatable bonds is 3. The number of halogens is 2. The fraction of sp³-hybridized carbons (Fsp3) is 0.500. The van der Waals surface area contributed by atoms with Crippen LogP contribution in [-0.2, 0) is 9.59 Å². The Morgan fingerprint density at radius 2 is 2.09 bits per heavy atom. The zero-order valence-corrected chi connectivity index (χ0v) is 15.2. The van der Waals surface area contributed by atoms with Crippen molar-refractivity contribution >= 4 is 45.8 Å². The number of hydrogen-bond donors (Lipinski definition) is 2. The van der Waals surface area contributed by atoms with Gasteiger partial charge in [-0.15, -0.1) is 12.4 Å². The van der Waals surface area contributed by atoms with Crippen LogP contribution in [0.3, 0.4) is 0 Å². The lowest BCUT2D eigenvalue weighted by Gasteiger charge is -2.25. The van der Waals surface area contributed by atoms with Gasteiger partial charge in [0.15, 0.2) is 0 Å². The smallest absolute Gasteiger partial charge is 0.239 e. The fourth-order valence-electron chi connectivity index (χ4n) is 3.11. The Labute approximate surface area is 150 Å². The highest BCUT2D eigenvalue weighted by atomic mass is 79.9. The van der Waals surface area contributed by atoms with Gasteiger partial charge < -0.3 is 15.5 Å². The monoisotopic (exact) mass is 401 g/mol. The van der Waals surface area contributed by atoms with Gasteiger partial charge in [-0.25, -0.2) is 0 Å². The van der Waals surface area contributed by atoms with Crippen molar-refractivity contribution in [2.45, 2.75) is 25.3 Å². The number of benzene rings is 1. The highest BCUT2D eigenvalue weighted by Gasteiger charge is 2.38. The third-order valence-electron chi connectivity index (χ3n) is 4.31. The van der Waals surface area contributed by atoms with Crippen molar-refractivity contribution in [1.29, 1.82) is 0 Å². The third kappa shape index (κ3) is 4.05. The molecule has 3 rings (SSSR count). The van der Waals surface area contributed by atoms with Crippen molar-refractivity contribution in [1.82, 2.24) is 10.6 Å². The summed E-state index contributed by atoms with van der Waals surface area (Å²) in [6.45, 7) is 2.38. The van der Waals surface area contributed by atoms with E-state index in [1.807, 2.05) is 24.3 Å². The number of carbonyl (C=O) groups is 2. The molecule has 126 valence electrons. The molecule has 5 nitrogen and oxygen atoms in total. The number of carbonyl (C=O) groups excluding carboxylic acids is 2. The normalized spacial score (nSPS) is 24.2. The Balaban J connectivity index is 0.00000192. The molecule has 2 aliphatic rings. The molecule has 0 spiro atoms. The predicted octanol–water partition coefficient (Wildman–Crippen LogP) is 2.09. The van der Waals surface area contributed by atoms with Gasteiger partial charge in [0.2, 0.25) is 11.8 Å². The maximum Gasteiger partial charge on any atom is 0.239 e. The van der Waals surface area contributed by atoms with Crippen LogP contribution >= 0.6 is 28.3 Å². The molecule has 2 atom stereocenters. The molecule has 0 aromatic heterocycles. The van der Waals surface area contributed by atoms with Crippen molar-refractivity contribution in [3.05, 3.63) is 28.7 Å². The third-order valence-corrected chi connectivity index (χ3v) is 4.98. The van der Waals surface area contributed by atoms with Gasteiger partial charge in [-0.2, -0.15) is 0 Å². The fourth-order valence-corrected chi connectivity index (χ4v) is 3.61. The average molecular weight is 403 g/mol. The van der Waals surface area contributed by atoms with Crippen LogP contribution in [0.5, 0.6) is 0 Å². The summed E-state index contributed by atoms with van der Waals surface area (Å²) in [5, 5.41) is 6.28. The molecule has 2 saturated heterocycles. The largest absolute Gasteiger partial charge is 0.351 e. The molecule has 0 aliphatic carbocycles. The van der Waals surface area contributed by atoms with Gasteiger partial charge >= 0.3 is 0 Å². The summed E-state index contributed by atoms with van der Waals surface area (Å²) in [6, 6.07) is 7.76. The van der Waals surface area contributed by atoms with Crippen molar-refractivity contribution in [3.8, 4) is 0 Å². The topological polar surface area (TPSA) is 61.4 Å². The molecule has 2 fully saturated rings. The summed E-state index contributed by atoms with van der Waals surface area (Å²) < 4.78 is 0.876. The van der Waals surface area contributed by atoms with Gasteiger partial charge in [0, 0.05) is 23.6 Å². The van der Waals surface area contributed by atoms with E-state index in [0.717, 1.165) is 36.1 Å². The molecule has 2 aliphatic heterocycles. The lowest BCUT2D eigenvalue weighted by molar-refractivity contribution is -0.132. The molecule has 2 unspecified atom stereocenters. The average Bonchev–Trinajstić information content (AvgIpc) is 2.90. The molecule has 0 radical (unpaired) electrons. The number of piperidine rings is 1. The summed E-state index contributed by atoms with van der Waals surface area (Å²) in [6.07, 6.45) is 2.62. The van der Waals surface area contributed by atoms with E-state index >= 15 is 0 Å². The summed E-state index contributed by atoms with van der Waals surface area (Å²) in [5.41, 5.74) is 0.835. The first kappa shape index (κ1) is 18.2. The highest BCUT2D eigenvalue weighted by molar-refractivity contribution is 9.10. The lowest BCUT2D eigenvalue weighted by atomic mass is 10.0. The van der Waals surface area contributed by atoms with E-state index < -0.39 is 5.92 Å². The van der Waals surface area contributed by atoms with Crippen LogP contribution in [0.2, 0.25) is 0 Å². The van der Waals surface area contributed by atoms with Crippen LogP contribution in [0, 0.1) is 5.92 Å². The molecule has 0 bridgehead atoms. The van der Waals surface area contributed by atoms with Crippen molar-refractivity contribution < 1.29 is 9.59 Å². The van der Waals surface area contributed by atoms with E-state index in [9.17, 15) is 9.59 Å². The molecule has 1 aromatic carbocycles. The maximum atomic E-state index is 12.6. The summed E-state index contributed by atoms with van der Waals surface area (Å²) >= 11 is 3.47. The standard InChI is InChI=1S/C16H20BrN3O2.ClH/c17-13-5-1-2-6-14(13)20-9-7-12(16(20)22)15(21)19-11-4-3-8-18-10-11;/h1-2,5-6,11-12,18H,3-4,7-10H2,(H,19,21);1H. The second-order valence-corrected chi connectivity index (χ2v) is 6.69. The minimum absolute atomic E-state index is 0. The minimum atomic E-state index is -0.561. The number of anilines is 1. The first-order valence-electron chi connectivity index (χ1n) is 7.74. The number of amides is 2. The van der Waals surface area contributed by atoms with Crippen LogP contribution in [0.25, 0.3) is 0 Å². The van der Waals surface area contributed by atoms with Crippen LogP contribution in [-0.4, -0.2) is 37.5 Å². The molecular formula is C16H21BrClN3O2. The van der Waals surface area contributed by atoms with Gasteiger partial charge in [0.1, 0.15) is 5.92 Å². The summed E-state index contributed by atoms with van der Waals surface area (Å²) in [5.74, 6) is -0.796.